The number of hydrogen-bond donors (Lipinski definition) is 1. The van der Waals surface area contributed by atoms with Crippen molar-refractivity contribution in [3.8, 4) is 0 Å². The quantitative estimate of drug-likeness (QED) is 0.674. The van der Waals surface area contributed by atoms with Gasteiger partial charge >= 0.3 is 5.91 Å². The molecule has 5 heteroatoms. The molecule has 0 atom stereocenters. The first kappa shape index (κ1) is 12.9. The summed E-state index contributed by atoms with van der Waals surface area (Å²) in [6, 6.07) is 11.1. The summed E-state index contributed by atoms with van der Waals surface area (Å²) in [4.78, 5) is 13.5. The average molecular weight is 257 g/mol. The molecule has 0 aliphatic heterocycles. The van der Waals surface area contributed by atoms with Crippen LogP contribution >= 0.6 is 0 Å². The minimum absolute atomic E-state index is 0.236. The smallest absolute Gasteiger partial charge is 0.307 e. The molecule has 2 rings (SSSR count). The van der Waals surface area contributed by atoms with Crippen LogP contribution < -0.4 is 10.3 Å². The predicted octanol–water partition coefficient (Wildman–Crippen LogP) is 2.11. The molecule has 5 nitrogen and oxygen atoms in total. The van der Waals surface area contributed by atoms with Gasteiger partial charge in [0.05, 0.1) is 12.5 Å². The molecule has 1 amide bonds. The Kier molecular flexibility index (Phi) is 3.97. The summed E-state index contributed by atoms with van der Waals surface area (Å²) in [6.45, 7) is 0. The SMILES string of the molecule is CN(C)c1ccc(/C=N\NC(=O)c2ccco2)cc1. The maximum Gasteiger partial charge on any atom is 0.307 e. The lowest BCUT2D eigenvalue weighted by Gasteiger charge is -2.11. The summed E-state index contributed by atoms with van der Waals surface area (Å²) in [6.07, 6.45) is 3.03. The molecule has 1 aromatic carbocycles. The van der Waals surface area contributed by atoms with E-state index in [2.05, 4.69) is 10.5 Å². The van der Waals surface area contributed by atoms with E-state index >= 15 is 0 Å². The second kappa shape index (κ2) is 5.86. The van der Waals surface area contributed by atoms with E-state index in [4.69, 9.17) is 4.42 Å². The minimum atomic E-state index is -0.369. The molecule has 98 valence electrons. The third kappa shape index (κ3) is 3.45. The van der Waals surface area contributed by atoms with Crippen molar-refractivity contribution < 1.29 is 9.21 Å². The van der Waals surface area contributed by atoms with Crippen molar-refractivity contribution in [2.24, 2.45) is 5.10 Å². The zero-order valence-corrected chi connectivity index (χ0v) is 10.8. The summed E-state index contributed by atoms with van der Waals surface area (Å²) in [5.41, 5.74) is 4.41. The molecule has 0 unspecified atom stereocenters. The van der Waals surface area contributed by atoms with Crippen molar-refractivity contribution in [3.63, 3.8) is 0 Å². The summed E-state index contributed by atoms with van der Waals surface area (Å²) < 4.78 is 4.95. The van der Waals surface area contributed by atoms with Gasteiger partial charge in [0, 0.05) is 19.8 Å². The van der Waals surface area contributed by atoms with Crippen LogP contribution in [0, 0.1) is 0 Å². The van der Waals surface area contributed by atoms with Crippen LogP contribution in [0.15, 0.2) is 52.2 Å². The largest absolute Gasteiger partial charge is 0.459 e. The molecule has 19 heavy (non-hydrogen) atoms. The molecule has 0 saturated carbocycles. The zero-order chi connectivity index (χ0) is 13.7. The number of hydrogen-bond acceptors (Lipinski definition) is 4. The fourth-order valence-corrected chi connectivity index (χ4v) is 1.49. The Morgan fingerprint density at radius 1 is 1.26 bits per heavy atom. The van der Waals surface area contributed by atoms with Gasteiger partial charge in [-0.2, -0.15) is 5.10 Å². The molecule has 0 radical (unpaired) electrons. The van der Waals surface area contributed by atoms with Crippen LogP contribution in [-0.2, 0) is 0 Å². The van der Waals surface area contributed by atoms with Crippen LogP contribution in [0.1, 0.15) is 16.1 Å². The molecule has 0 spiro atoms. The number of nitrogens with zero attached hydrogens (tertiary/aromatic N) is 2. The number of anilines is 1. The Labute approximate surface area is 111 Å². The van der Waals surface area contributed by atoms with Gasteiger partial charge < -0.3 is 9.32 Å². The molecule has 0 aliphatic carbocycles. The number of hydrazone groups is 1. The van der Waals surface area contributed by atoms with Gasteiger partial charge in [-0.3, -0.25) is 4.79 Å². The number of benzene rings is 1. The van der Waals surface area contributed by atoms with E-state index in [0.717, 1.165) is 11.3 Å². The Balaban J connectivity index is 1.94. The van der Waals surface area contributed by atoms with E-state index in [1.807, 2.05) is 43.3 Å². The maximum atomic E-state index is 11.5. The van der Waals surface area contributed by atoms with Crippen molar-refractivity contribution in [3.05, 3.63) is 54.0 Å². The number of furan rings is 1. The van der Waals surface area contributed by atoms with Gasteiger partial charge in [0.2, 0.25) is 0 Å². The highest BCUT2D eigenvalue weighted by atomic mass is 16.3. The Morgan fingerprint density at radius 3 is 2.58 bits per heavy atom. The number of nitrogens with one attached hydrogen (secondary N) is 1. The molecule has 0 aliphatic rings. The van der Waals surface area contributed by atoms with Gasteiger partial charge in [0.15, 0.2) is 5.76 Å². The van der Waals surface area contributed by atoms with Crippen LogP contribution in [0.5, 0.6) is 0 Å². The highest BCUT2D eigenvalue weighted by Gasteiger charge is 2.05. The first-order chi connectivity index (χ1) is 9.16. The highest BCUT2D eigenvalue weighted by molar-refractivity contribution is 5.92. The van der Waals surface area contributed by atoms with E-state index < -0.39 is 0 Å². The van der Waals surface area contributed by atoms with Crippen molar-refractivity contribution in [2.45, 2.75) is 0 Å². The van der Waals surface area contributed by atoms with Crippen molar-refractivity contribution in [1.82, 2.24) is 5.43 Å². The molecule has 1 heterocycles. The second-order valence-corrected chi connectivity index (χ2v) is 4.16. The Morgan fingerprint density at radius 2 is 2.00 bits per heavy atom. The topological polar surface area (TPSA) is 57.8 Å². The predicted molar refractivity (Wildman–Crippen MR) is 74.5 cm³/mol. The molecular formula is C14H15N3O2. The van der Waals surface area contributed by atoms with Gasteiger partial charge in [-0.25, -0.2) is 5.43 Å². The van der Waals surface area contributed by atoms with Gasteiger partial charge in [0.25, 0.3) is 0 Å². The minimum Gasteiger partial charge on any atom is -0.459 e. The average Bonchev–Trinajstić information content (AvgIpc) is 2.93. The van der Waals surface area contributed by atoms with E-state index in [9.17, 15) is 4.79 Å². The van der Waals surface area contributed by atoms with Crippen molar-refractivity contribution in [2.75, 3.05) is 19.0 Å². The third-order valence-electron chi connectivity index (χ3n) is 2.53. The van der Waals surface area contributed by atoms with E-state index in [1.54, 1.807) is 18.3 Å². The van der Waals surface area contributed by atoms with Crippen LogP contribution in [0.3, 0.4) is 0 Å². The summed E-state index contributed by atoms with van der Waals surface area (Å²) in [7, 11) is 3.96. The van der Waals surface area contributed by atoms with Gasteiger partial charge in [-0.05, 0) is 29.8 Å². The Bertz CT molecular complexity index is 557. The lowest BCUT2D eigenvalue weighted by molar-refractivity contribution is 0.0927. The summed E-state index contributed by atoms with van der Waals surface area (Å²) >= 11 is 0. The lowest BCUT2D eigenvalue weighted by atomic mass is 10.2. The van der Waals surface area contributed by atoms with Crippen molar-refractivity contribution >= 4 is 17.8 Å². The molecule has 0 fully saturated rings. The number of rotatable bonds is 4. The van der Waals surface area contributed by atoms with Gasteiger partial charge in [-0.1, -0.05) is 12.1 Å². The number of carbonyl (C=O) groups excluding carboxylic acids is 1. The summed E-state index contributed by atoms with van der Waals surface area (Å²) in [5, 5.41) is 3.87. The fourth-order valence-electron chi connectivity index (χ4n) is 1.49. The zero-order valence-electron chi connectivity index (χ0n) is 10.8. The van der Waals surface area contributed by atoms with Crippen LogP contribution in [0.4, 0.5) is 5.69 Å². The third-order valence-corrected chi connectivity index (χ3v) is 2.53. The van der Waals surface area contributed by atoms with E-state index in [-0.39, 0.29) is 11.7 Å². The standard InChI is InChI=1S/C14H15N3O2/c1-17(2)12-7-5-11(6-8-12)10-15-16-14(18)13-4-3-9-19-13/h3-10H,1-2H3,(H,16,18)/b15-10-. The molecular weight excluding hydrogens is 242 g/mol. The van der Waals surface area contributed by atoms with Gasteiger partial charge in [-0.15, -0.1) is 0 Å². The van der Waals surface area contributed by atoms with Crippen LogP contribution in [-0.4, -0.2) is 26.2 Å². The number of carbonyl (C=O) groups is 1. The monoisotopic (exact) mass is 257 g/mol. The molecule has 1 N–H and O–H groups in total. The van der Waals surface area contributed by atoms with E-state index in [0.29, 0.717) is 0 Å². The molecule has 0 saturated heterocycles. The van der Waals surface area contributed by atoms with Crippen LogP contribution in [0.2, 0.25) is 0 Å². The first-order valence-electron chi connectivity index (χ1n) is 5.81. The fraction of sp³-hybridized carbons (Fsp3) is 0.143. The second-order valence-electron chi connectivity index (χ2n) is 4.16. The maximum absolute atomic E-state index is 11.5. The Hall–Kier alpha value is -2.56. The first-order valence-corrected chi connectivity index (χ1v) is 5.81. The summed E-state index contributed by atoms with van der Waals surface area (Å²) in [5.74, 6) is -0.133. The molecule has 0 bridgehead atoms. The van der Waals surface area contributed by atoms with Crippen molar-refractivity contribution in [1.29, 1.82) is 0 Å². The number of amides is 1. The highest BCUT2D eigenvalue weighted by Crippen LogP contribution is 2.10. The molecule has 2 aromatic rings. The van der Waals surface area contributed by atoms with E-state index in [1.165, 1.54) is 6.26 Å². The normalized spacial score (nSPS) is 10.6. The lowest BCUT2D eigenvalue weighted by Crippen LogP contribution is -2.16. The van der Waals surface area contributed by atoms with Gasteiger partial charge in [0.1, 0.15) is 0 Å². The molecule has 1 aromatic heterocycles. The van der Waals surface area contributed by atoms with Crippen LogP contribution in [0.25, 0.3) is 0 Å².